The highest BCUT2D eigenvalue weighted by atomic mass is 16.4. The highest BCUT2D eigenvalue weighted by Gasteiger charge is 2.50. The molecule has 0 atom stereocenters. The summed E-state index contributed by atoms with van der Waals surface area (Å²) in [5, 5.41) is 8.64. The van der Waals surface area contributed by atoms with Crippen molar-refractivity contribution in [2.45, 2.75) is 39.2 Å². The van der Waals surface area contributed by atoms with E-state index in [0.29, 0.717) is 6.54 Å². The van der Waals surface area contributed by atoms with Crippen LogP contribution in [0.2, 0.25) is 0 Å². The Hall–Kier alpha value is -1.10. The number of carboxylic acid groups (broad SMARTS) is 1. The number of carboxylic acids is 1. The van der Waals surface area contributed by atoms with E-state index in [9.17, 15) is 9.59 Å². The molecule has 0 aromatic heterocycles. The third-order valence-electron chi connectivity index (χ3n) is 3.15. The lowest BCUT2D eigenvalue weighted by atomic mass is 10.0. The maximum Gasteiger partial charge on any atom is 0.305 e. The third kappa shape index (κ3) is 2.72. The zero-order chi connectivity index (χ0) is 12.3. The van der Waals surface area contributed by atoms with Crippen LogP contribution in [-0.2, 0) is 9.59 Å². The van der Waals surface area contributed by atoms with Gasteiger partial charge in [-0.25, -0.2) is 0 Å². The summed E-state index contributed by atoms with van der Waals surface area (Å²) in [5.74, 6) is -0.859. The maximum atomic E-state index is 12.2. The molecular formula is C11H20N2O3. The molecule has 0 spiro atoms. The van der Waals surface area contributed by atoms with Crippen molar-refractivity contribution in [1.82, 2.24) is 4.90 Å². The van der Waals surface area contributed by atoms with Gasteiger partial charge in [-0.1, -0.05) is 0 Å². The molecule has 16 heavy (non-hydrogen) atoms. The molecule has 5 heteroatoms. The van der Waals surface area contributed by atoms with Gasteiger partial charge in [-0.05, 0) is 26.7 Å². The number of carbonyl (C=O) groups is 2. The van der Waals surface area contributed by atoms with Crippen LogP contribution in [0.5, 0.6) is 0 Å². The van der Waals surface area contributed by atoms with Gasteiger partial charge in [-0.15, -0.1) is 0 Å². The van der Waals surface area contributed by atoms with Crippen molar-refractivity contribution in [3.05, 3.63) is 0 Å². The van der Waals surface area contributed by atoms with Crippen molar-refractivity contribution in [3.8, 4) is 0 Å². The summed E-state index contributed by atoms with van der Waals surface area (Å²) in [6, 6.07) is 0.0240. The maximum absolute atomic E-state index is 12.2. The first-order valence-corrected chi connectivity index (χ1v) is 5.66. The highest BCUT2D eigenvalue weighted by Crippen LogP contribution is 2.46. The summed E-state index contributed by atoms with van der Waals surface area (Å²) in [5.41, 5.74) is 5.21. The standard InChI is InChI=1S/C11H20N2O3/c1-8(2)13(6-3-9(14)15)10(16)11(7-12)4-5-11/h8H,3-7,12H2,1-2H3,(H,14,15). The normalized spacial score (nSPS) is 17.2. The molecular weight excluding hydrogens is 208 g/mol. The van der Waals surface area contributed by atoms with Crippen molar-refractivity contribution < 1.29 is 14.7 Å². The number of nitrogens with two attached hydrogens (primary N) is 1. The van der Waals surface area contributed by atoms with Gasteiger partial charge in [-0.3, -0.25) is 9.59 Å². The van der Waals surface area contributed by atoms with Crippen LogP contribution in [0.25, 0.3) is 0 Å². The van der Waals surface area contributed by atoms with Crippen LogP contribution < -0.4 is 5.73 Å². The average Bonchev–Trinajstić information content (AvgIpc) is 2.97. The van der Waals surface area contributed by atoms with Crippen LogP contribution in [-0.4, -0.2) is 41.0 Å². The minimum absolute atomic E-state index is 0.00935. The predicted molar refractivity (Wildman–Crippen MR) is 59.8 cm³/mol. The first-order valence-electron chi connectivity index (χ1n) is 5.66. The number of hydrogen-bond donors (Lipinski definition) is 2. The van der Waals surface area contributed by atoms with E-state index in [1.807, 2.05) is 13.8 Å². The number of aliphatic carboxylic acids is 1. The fraction of sp³-hybridized carbons (Fsp3) is 0.818. The quantitative estimate of drug-likeness (QED) is 0.691. The van der Waals surface area contributed by atoms with E-state index in [1.165, 1.54) is 0 Å². The first-order chi connectivity index (χ1) is 7.43. The summed E-state index contributed by atoms with van der Waals surface area (Å²) < 4.78 is 0. The molecule has 5 nitrogen and oxygen atoms in total. The lowest BCUT2D eigenvalue weighted by Crippen LogP contribution is -2.45. The molecule has 1 saturated carbocycles. The molecule has 1 aliphatic rings. The second-order valence-electron chi connectivity index (χ2n) is 4.72. The molecule has 1 rings (SSSR count). The molecule has 0 heterocycles. The van der Waals surface area contributed by atoms with Gasteiger partial charge < -0.3 is 15.7 Å². The van der Waals surface area contributed by atoms with E-state index in [1.54, 1.807) is 4.90 Å². The molecule has 0 aromatic rings. The zero-order valence-electron chi connectivity index (χ0n) is 9.90. The topological polar surface area (TPSA) is 83.6 Å². The second kappa shape index (κ2) is 4.82. The van der Waals surface area contributed by atoms with Crippen LogP contribution in [0.1, 0.15) is 33.1 Å². The molecule has 0 aliphatic heterocycles. The van der Waals surface area contributed by atoms with Crippen molar-refractivity contribution in [2.75, 3.05) is 13.1 Å². The molecule has 0 radical (unpaired) electrons. The van der Waals surface area contributed by atoms with Crippen LogP contribution in [0.4, 0.5) is 0 Å². The predicted octanol–water partition coefficient (Wildman–Crippen LogP) is 0.437. The first kappa shape index (κ1) is 13.0. The average molecular weight is 228 g/mol. The van der Waals surface area contributed by atoms with Gasteiger partial charge in [0.15, 0.2) is 0 Å². The summed E-state index contributed by atoms with van der Waals surface area (Å²) in [7, 11) is 0. The molecule has 0 saturated heterocycles. The molecule has 3 N–H and O–H groups in total. The van der Waals surface area contributed by atoms with Crippen LogP contribution in [0, 0.1) is 5.41 Å². The molecule has 92 valence electrons. The largest absolute Gasteiger partial charge is 0.481 e. The molecule has 1 fully saturated rings. The molecule has 1 amide bonds. The SMILES string of the molecule is CC(C)N(CCC(=O)O)C(=O)C1(CN)CC1. The van der Waals surface area contributed by atoms with E-state index < -0.39 is 5.97 Å². The molecule has 0 bridgehead atoms. The molecule has 1 aliphatic carbocycles. The van der Waals surface area contributed by atoms with Crippen LogP contribution >= 0.6 is 0 Å². The number of nitrogens with zero attached hydrogens (tertiary/aromatic N) is 1. The summed E-state index contributed by atoms with van der Waals surface area (Å²) in [6.45, 7) is 4.43. The van der Waals surface area contributed by atoms with Gasteiger partial charge in [0, 0.05) is 19.1 Å². The second-order valence-corrected chi connectivity index (χ2v) is 4.72. The van der Waals surface area contributed by atoms with E-state index in [2.05, 4.69) is 0 Å². The number of carbonyl (C=O) groups excluding carboxylic acids is 1. The van der Waals surface area contributed by atoms with Crippen LogP contribution in [0.15, 0.2) is 0 Å². The van der Waals surface area contributed by atoms with Gasteiger partial charge in [0.2, 0.25) is 5.91 Å². The smallest absolute Gasteiger partial charge is 0.305 e. The number of hydrogen-bond acceptors (Lipinski definition) is 3. The Morgan fingerprint density at radius 1 is 1.44 bits per heavy atom. The van der Waals surface area contributed by atoms with Gasteiger partial charge in [0.25, 0.3) is 0 Å². The van der Waals surface area contributed by atoms with Gasteiger partial charge >= 0.3 is 5.97 Å². The van der Waals surface area contributed by atoms with Crippen molar-refractivity contribution >= 4 is 11.9 Å². The zero-order valence-corrected chi connectivity index (χ0v) is 9.90. The third-order valence-corrected chi connectivity index (χ3v) is 3.15. The van der Waals surface area contributed by atoms with Crippen molar-refractivity contribution in [2.24, 2.45) is 11.1 Å². The Morgan fingerprint density at radius 3 is 2.31 bits per heavy atom. The Balaban J connectivity index is 2.63. The number of rotatable bonds is 6. The van der Waals surface area contributed by atoms with E-state index in [0.717, 1.165) is 12.8 Å². The summed E-state index contributed by atoms with van der Waals surface area (Å²) in [6.07, 6.45) is 1.65. The van der Waals surface area contributed by atoms with Crippen LogP contribution in [0.3, 0.4) is 0 Å². The van der Waals surface area contributed by atoms with Gasteiger partial charge in [0.1, 0.15) is 0 Å². The van der Waals surface area contributed by atoms with Gasteiger partial charge in [0.05, 0.1) is 11.8 Å². The fourth-order valence-corrected chi connectivity index (χ4v) is 1.77. The highest BCUT2D eigenvalue weighted by molar-refractivity contribution is 5.86. The lowest BCUT2D eigenvalue weighted by molar-refractivity contribution is -0.141. The summed E-state index contributed by atoms with van der Waals surface area (Å²) in [4.78, 5) is 24.3. The van der Waals surface area contributed by atoms with E-state index in [4.69, 9.17) is 10.8 Å². The van der Waals surface area contributed by atoms with Gasteiger partial charge in [-0.2, -0.15) is 0 Å². The molecule has 0 unspecified atom stereocenters. The Labute approximate surface area is 95.6 Å². The minimum Gasteiger partial charge on any atom is -0.481 e. The Kier molecular flexibility index (Phi) is 3.91. The monoisotopic (exact) mass is 228 g/mol. The van der Waals surface area contributed by atoms with Crippen molar-refractivity contribution in [3.63, 3.8) is 0 Å². The van der Waals surface area contributed by atoms with Crippen molar-refractivity contribution in [1.29, 1.82) is 0 Å². The summed E-state index contributed by atoms with van der Waals surface area (Å²) >= 11 is 0. The Bertz CT molecular complexity index is 285. The number of amides is 1. The molecule has 0 aromatic carbocycles. The van der Waals surface area contributed by atoms with E-state index >= 15 is 0 Å². The fourth-order valence-electron chi connectivity index (χ4n) is 1.77. The minimum atomic E-state index is -0.879. The lowest BCUT2D eigenvalue weighted by Gasteiger charge is -2.30. The van der Waals surface area contributed by atoms with E-state index in [-0.39, 0.29) is 30.3 Å². The Morgan fingerprint density at radius 2 is 2.00 bits per heavy atom.